The zero-order valence-electron chi connectivity index (χ0n) is 16.3. The van der Waals surface area contributed by atoms with Gasteiger partial charge in [0.2, 0.25) is 0 Å². The van der Waals surface area contributed by atoms with Crippen molar-refractivity contribution in [1.82, 2.24) is 30.0 Å². The molecule has 2 aliphatic rings. The highest BCUT2D eigenvalue weighted by Crippen LogP contribution is 2.31. The van der Waals surface area contributed by atoms with E-state index in [0.717, 1.165) is 49.3 Å². The van der Waals surface area contributed by atoms with Crippen LogP contribution in [0.15, 0.2) is 24.3 Å². The topological polar surface area (TPSA) is 75.3 Å². The molecule has 2 saturated heterocycles. The minimum Gasteiger partial charge on any atom is -0.355 e. The molecule has 3 aromatic rings. The van der Waals surface area contributed by atoms with Gasteiger partial charge < -0.3 is 9.80 Å². The van der Waals surface area contributed by atoms with E-state index in [4.69, 9.17) is 5.10 Å². The molecule has 0 unspecified atom stereocenters. The van der Waals surface area contributed by atoms with Crippen LogP contribution in [0.3, 0.4) is 0 Å². The first-order valence-corrected chi connectivity index (χ1v) is 10.1. The van der Waals surface area contributed by atoms with E-state index in [1.807, 2.05) is 21.5 Å². The normalized spacial score (nSPS) is 18.5. The molecule has 0 spiro atoms. The van der Waals surface area contributed by atoms with Gasteiger partial charge >= 0.3 is 6.18 Å². The standard InChI is InChI=1S/C19H21F3N8/c20-19(21,22)14-3-4-15(24-23-14)29-11-7-13(8-12-29)18-26-25-16-5-6-17(27-30(16)18)28-9-1-2-10-28/h3-6,13H,1-2,7-12H2. The smallest absolute Gasteiger partial charge is 0.355 e. The lowest BCUT2D eigenvalue weighted by Crippen LogP contribution is -2.34. The van der Waals surface area contributed by atoms with Crippen LogP contribution in [-0.2, 0) is 6.18 Å². The number of anilines is 2. The van der Waals surface area contributed by atoms with Gasteiger partial charge in [0.1, 0.15) is 5.82 Å². The van der Waals surface area contributed by atoms with Gasteiger partial charge in [0, 0.05) is 32.1 Å². The van der Waals surface area contributed by atoms with E-state index in [0.29, 0.717) is 18.9 Å². The maximum atomic E-state index is 12.7. The summed E-state index contributed by atoms with van der Waals surface area (Å²) < 4.78 is 39.9. The quantitative estimate of drug-likeness (QED) is 0.647. The molecule has 0 aromatic carbocycles. The zero-order valence-corrected chi connectivity index (χ0v) is 16.3. The van der Waals surface area contributed by atoms with Crippen molar-refractivity contribution >= 4 is 17.3 Å². The van der Waals surface area contributed by atoms with Crippen molar-refractivity contribution in [3.05, 3.63) is 35.8 Å². The SMILES string of the molecule is FC(F)(F)c1ccc(N2CCC(c3nnc4ccc(N5CCCC5)nn34)CC2)nn1. The molecule has 30 heavy (non-hydrogen) atoms. The largest absolute Gasteiger partial charge is 0.435 e. The molecule has 2 aliphatic heterocycles. The highest BCUT2D eigenvalue weighted by molar-refractivity contribution is 5.46. The van der Waals surface area contributed by atoms with Gasteiger partial charge in [-0.3, -0.25) is 0 Å². The van der Waals surface area contributed by atoms with Gasteiger partial charge in [-0.15, -0.1) is 25.5 Å². The molecular weight excluding hydrogens is 397 g/mol. The first-order chi connectivity index (χ1) is 14.5. The molecule has 0 saturated carbocycles. The molecule has 0 aliphatic carbocycles. The van der Waals surface area contributed by atoms with Crippen LogP contribution in [0.25, 0.3) is 5.65 Å². The number of rotatable bonds is 3. The second-order valence-electron chi connectivity index (χ2n) is 7.75. The Bertz CT molecular complexity index is 1020. The van der Waals surface area contributed by atoms with E-state index in [-0.39, 0.29) is 5.92 Å². The molecule has 5 rings (SSSR count). The lowest BCUT2D eigenvalue weighted by Gasteiger charge is -2.31. The van der Waals surface area contributed by atoms with Gasteiger partial charge in [-0.05, 0) is 49.9 Å². The van der Waals surface area contributed by atoms with Crippen molar-refractivity contribution in [2.75, 3.05) is 36.0 Å². The molecule has 3 aromatic heterocycles. The molecule has 0 N–H and O–H groups in total. The van der Waals surface area contributed by atoms with Crippen LogP contribution in [0.5, 0.6) is 0 Å². The summed E-state index contributed by atoms with van der Waals surface area (Å²) in [6, 6.07) is 6.30. The first kappa shape index (κ1) is 19.0. The van der Waals surface area contributed by atoms with Gasteiger partial charge in [0.15, 0.2) is 23.0 Å². The number of hydrogen-bond acceptors (Lipinski definition) is 7. The van der Waals surface area contributed by atoms with Crippen molar-refractivity contribution < 1.29 is 13.2 Å². The van der Waals surface area contributed by atoms with Crippen molar-refractivity contribution in [3.8, 4) is 0 Å². The summed E-state index contributed by atoms with van der Waals surface area (Å²) >= 11 is 0. The Balaban J connectivity index is 1.30. The highest BCUT2D eigenvalue weighted by Gasteiger charge is 2.33. The second-order valence-corrected chi connectivity index (χ2v) is 7.75. The van der Waals surface area contributed by atoms with E-state index in [1.165, 1.54) is 18.9 Å². The maximum absolute atomic E-state index is 12.7. The molecule has 0 amide bonds. The summed E-state index contributed by atoms with van der Waals surface area (Å²) in [4.78, 5) is 4.23. The molecule has 0 radical (unpaired) electrons. The summed E-state index contributed by atoms with van der Waals surface area (Å²) in [5, 5.41) is 20.5. The number of fused-ring (bicyclic) bond motifs is 1. The fourth-order valence-electron chi connectivity index (χ4n) is 4.18. The van der Waals surface area contributed by atoms with E-state index in [9.17, 15) is 13.2 Å². The number of aromatic nitrogens is 6. The first-order valence-electron chi connectivity index (χ1n) is 10.1. The van der Waals surface area contributed by atoms with Crippen LogP contribution >= 0.6 is 0 Å². The molecule has 2 fully saturated rings. The zero-order chi connectivity index (χ0) is 20.7. The monoisotopic (exact) mass is 418 g/mol. The Hall–Kier alpha value is -2.98. The number of piperidine rings is 1. The van der Waals surface area contributed by atoms with Gasteiger partial charge in [-0.25, -0.2) is 0 Å². The van der Waals surface area contributed by atoms with Crippen LogP contribution in [0, 0.1) is 0 Å². The summed E-state index contributed by atoms with van der Waals surface area (Å²) in [7, 11) is 0. The molecule has 0 atom stereocenters. The Morgan fingerprint density at radius 3 is 2.13 bits per heavy atom. The van der Waals surface area contributed by atoms with Gasteiger partial charge in [0.25, 0.3) is 0 Å². The third-order valence-corrected chi connectivity index (χ3v) is 5.83. The average molecular weight is 418 g/mol. The highest BCUT2D eigenvalue weighted by atomic mass is 19.4. The van der Waals surface area contributed by atoms with Crippen LogP contribution in [0.1, 0.15) is 43.1 Å². The van der Waals surface area contributed by atoms with Crippen LogP contribution in [0.4, 0.5) is 24.8 Å². The third kappa shape index (κ3) is 3.52. The fraction of sp³-hybridized carbons (Fsp3) is 0.526. The van der Waals surface area contributed by atoms with E-state index >= 15 is 0 Å². The van der Waals surface area contributed by atoms with Gasteiger partial charge in [-0.2, -0.15) is 17.7 Å². The molecule has 11 heteroatoms. The summed E-state index contributed by atoms with van der Waals surface area (Å²) in [6.07, 6.45) is -0.535. The Labute approximate surface area is 170 Å². The Morgan fingerprint density at radius 1 is 0.767 bits per heavy atom. The minimum atomic E-state index is -4.48. The Kier molecular flexibility index (Phi) is 4.67. The fourth-order valence-corrected chi connectivity index (χ4v) is 4.18. The molecule has 5 heterocycles. The van der Waals surface area contributed by atoms with Crippen molar-refractivity contribution in [3.63, 3.8) is 0 Å². The molecule has 8 nitrogen and oxygen atoms in total. The van der Waals surface area contributed by atoms with Crippen LogP contribution in [0.2, 0.25) is 0 Å². The van der Waals surface area contributed by atoms with E-state index in [1.54, 1.807) is 0 Å². The molecule has 158 valence electrons. The number of nitrogens with zero attached hydrogens (tertiary/aromatic N) is 8. The van der Waals surface area contributed by atoms with Crippen molar-refractivity contribution in [1.29, 1.82) is 0 Å². The second kappa shape index (κ2) is 7.37. The minimum absolute atomic E-state index is 0.181. The summed E-state index contributed by atoms with van der Waals surface area (Å²) in [6.45, 7) is 3.35. The van der Waals surface area contributed by atoms with Gasteiger partial charge in [0.05, 0.1) is 0 Å². The number of halogens is 3. The van der Waals surface area contributed by atoms with Crippen LogP contribution in [-0.4, -0.2) is 56.2 Å². The molecule has 0 bridgehead atoms. The third-order valence-electron chi connectivity index (χ3n) is 5.83. The summed E-state index contributed by atoms with van der Waals surface area (Å²) in [5.74, 6) is 2.42. The summed E-state index contributed by atoms with van der Waals surface area (Å²) in [5.41, 5.74) is -0.250. The van der Waals surface area contributed by atoms with Crippen LogP contribution < -0.4 is 9.80 Å². The molecular formula is C19H21F3N8. The lowest BCUT2D eigenvalue weighted by atomic mass is 9.96. The van der Waals surface area contributed by atoms with Gasteiger partial charge in [-0.1, -0.05) is 0 Å². The predicted octanol–water partition coefficient (Wildman–Crippen LogP) is 2.92. The number of hydrogen-bond donors (Lipinski definition) is 0. The maximum Gasteiger partial charge on any atom is 0.435 e. The number of alkyl halides is 3. The van der Waals surface area contributed by atoms with E-state index in [2.05, 4.69) is 25.3 Å². The average Bonchev–Trinajstić information content (AvgIpc) is 3.43. The lowest BCUT2D eigenvalue weighted by molar-refractivity contribution is -0.141. The van der Waals surface area contributed by atoms with Crippen molar-refractivity contribution in [2.24, 2.45) is 0 Å². The predicted molar refractivity (Wildman–Crippen MR) is 103 cm³/mol. The Morgan fingerprint density at radius 2 is 1.47 bits per heavy atom. The van der Waals surface area contributed by atoms with E-state index < -0.39 is 11.9 Å². The van der Waals surface area contributed by atoms with Crippen molar-refractivity contribution in [2.45, 2.75) is 37.8 Å².